The SMILES string of the molecule is CCn1ccc(NC(=O)C2(C)CC(c3cccc(F)c3)=NO2)n1. The van der Waals surface area contributed by atoms with Crippen LogP contribution in [0.3, 0.4) is 0 Å². The third kappa shape index (κ3) is 3.08. The van der Waals surface area contributed by atoms with Gasteiger partial charge in [-0.3, -0.25) is 9.48 Å². The fourth-order valence-electron chi connectivity index (χ4n) is 2.34. The average Bonchev–Trinajstić information content (AvgIpc) is 3.15. The van der Waals surface area contributed by atoms with Gasteiger partial charge < -0.3 is 10.2 Å². The molecule has 0 bridgehead atoms. The van der Waals surface area contributed by atoms with Crippen LogP contribution in [0.15, 0.2) is 41.7 Å². The first-order chi connectivity index (χ1) is 11.0. The molecule has 2 aromatic rings. The monoisotopic (exact) mass is 316 g/mol. The second kappa shape index (κ2) is 5.83. The Morgan fingerprint density at radius 3 is 3.00 bits per heavy atom. The molecule has 0 aliphatic carbocycles. The molecule has 6 nitrogen and oxygen atoms in total. The van der Waals surface area contributed by atoms with Gasteiger partial charge >= 0.3 is 0 Å². The van der Waals surface area contributed by atoms with Gasteiger partial charge in [0, 0.05) is 30.8 Å². The van der Waals surface area contributed by atoms with Crippen LogP contribution in [0.1, 0.15) is 25.8 Å². The Morgan fingerprint density at radius 1 is 1.48 bits per heavy atom. The molecule has 1 aliphatic rings. The first-order valence-corrected chi connectivity index (χ1v) is 7.36. The number of hydrogen-bond acceptors (Lipinski definition) is 4. The molecule has 0 spiro atoms. The Hall–Kier alpha value is -2.70. The van der Waals surface area contributed by atoms with Gasteiger partial charge in [-0.15, -0.1) is 0 Å². The van der Waals surface area contributed by atoms with E-state index in [0.29, 0.717) is 17.1 Å². The predicted molar refractivity (Wildman–Crippen MR) is 83.6 cm³/mol. The molecule has 0 fully saturated rings. The van der Waals surface area contributed by atoms with Crippen molar-refractivity contribution in [1.82, 2.24) is 9.78 Å². The van der Waals surface area contributed by atoms with Gasteiger partial charge in [-0.1, -0.05) is 17.3 Å². The van der Waals surface area contributed by atoms with Crippen LogP contribution in [0.25, 0.3) is 0 Å². The standard InChI is InChI=1S/C16H17FN4O2/c1-3-21-8-7-14(19-21)18-15(22)16(2)10-13(20-23-16)11-5-4-6-12(17)9-11/h4-9H,3,10H2,1-2H3,(H,18,19,22). The molecule has 0 radical (unpaired) electrons. The third-order valence-corrected chi connectivity index (χ3v) is 3.71. The second-order valence-corrected chi connectivity index (χ2v) is 5.56. The van der Waals surface area contributed by atoms with Crippen molar-refractivity contribution < 1.29 is 14.0 Å². The molecule has 1 aromatic heterocycles. The number of aromatic nitrogens is 2. The number of carbonyl (C=O) groups excluding carboxylic acids is 1. The maximum atomic E-state index is 13.3. The fraction of sp³-hybridized carbons (Fsp3) is 0.312. The minimum absolute atomic E-state index is 0.261. The van der Waals surface area contributed by atoms with Crippen molar-refractivity contribution in [3.05, 3.63) is 47.9 Å². The van der Waals surface area contributed by atoms with Crippen molar-refractivity contribution in [3.8, 4) is 0 Å². The first-order valence-electron chi connectivity index (χ1n) is 7.36. The molecule has 1 N–H and O–H groups in total. The minimum atomic E-state index is -1.14. The van der Waals surface area contributed by atoms with E-state index in [1.165, 1.54) is 12.1 Å². The molecule has 1 amide bonds. The Balaban J connectivity index is 1.70. The van der Waals surface area contributed by atoms with Gasteiger partial charge in [0.25, 0.3) is 5.91 Å². The van der Waals surface area contributed by atoms with E-state index in [-0.39, 0.29) is 18.1 Å². The average molecular weight is 316 g/mol. The van der Waals surface area contributed by atoms with E-state index in [2.05, 4.69) is 15.6 Å². The zero-order valence-electron chi connectivity index (χ0n) is 12.9. The fourth-order valence-corrected chi connectivity index (χ4v) is 2.34. The summed E-state index contributed by atoms with van der Waals surface area (Å²) in [5.41, 5.74) is 0.00972. The summed E-state index contributed by atoms with van der Waals surface area (Å²) in [6.45, 7) is 4.32. The van der Waals surface area contributed by atoms with Crippen molar-refractivity contribution in [2.24, 2.45) is 5.16 Å². The van der Waals surface area contributed by atoms with Crippen LogP contribution in [0.2, 0.25) is 0 Å². The number of nitrogens with one attached hydrogen (secondary N) is 1. The molecular weight excluding hydrogens is 299 g/mol. The van der Waals surface area contributed by atoms with Crippen molar-refractivity contribution in [3.63, 3.8) is 0 Å². The predicted octanol–water partition coefficient (Wildman–Crippen LogP) is 2.56. The molecule has 3 rings (SSSR count). The van der Waals surface area contributed by atoms with E-state index in [1.54, 1.807) is 36.0 Å². The minimum Gasteiger partial charge on any atom is -0.379 e. The van der Waals surface area contributed by atoms with E-state index in [9.17, 15) is 9.18 Å². The van der Waals surface area contributed by atoms with Crippen LogP contribution in [-0.4, -0.2) is 27.0 Å². The number of hydrogen-bond donors (Lipinski definition) is 1. The van der Waals surface area contributed by atoms with Gasteiger partial charge in [-0.2, -0.15) is 5.10 Å². The first kappa shape index (κ1) is 15.2. The van der Waals surface area contributed by atoms with Gasteiger partial charge in [-0.05, 0) is 26.0 Å². The van der Waals surface area contributed by atoms with E-state index in [4.69, 9.17) is 4.84 Å². The van der Waals surface area contributed by atoms with Gasteiger partial charge in [0.1, 0.15) is 5.82 Å². The van der Waals surface area contributed by atoms with Crippen LogP contribution in [0.5, 0.6) is 0 Å². The maximum Gasteiger partial charge on any atom is 0.272 e. The lowest BCUT2D eigenvalue weighted by atomic mass is 9.95. The number of carbonyl (C=O) groups is 1. The zero-order valence-corrected chi connectivity index (χ0v) is 12.9. The topological polar surface area (TPSA) is 68.5 Å². The van der Waals surface area contributed by atoms with Crippen LogP contribution in [0.4, 0.5) is 10.2 Å². The molecule has 0 saturated carbocycles. The normalized spacial score (nSPS) is 20.0. The summed E-state index contributed by atoms with van der Waals surface area (Å²) in [5.74, 6) is -0.233. The van der Waals surface area contributed by atoms with E-state index < -0.39 is 5.60 Å². The zero-order chi connectivity index (χ0) is 16.4. The molecule has 1 atom stereocenters. The second-order valence-electron chi connectivity index (χ2n) is 5.56. The van der Waals surface area contributed by atoms with Gasteiger partial charge in [0.05, 0.1) is 5.71 Å². The molecule has 120 valence electrons. The van der Waals surface area contributed by atoms with Crippen molar-refractivity contribution in [2.45, 2.75) is 32.4 Å². The summed E-state index contributed by atoms with van der Waals surface area (Å²) < 4.78 is 15.0. The number of benzene rings is 1. The van der Waals surface area contributed by atoms with Crippen LogP contribution in [-0.2, 0) is 16.2 Å². The van der Waals surface area contributed by atoms with Gasteiger partial charge in [-0.25, -0.2) is 4.39 Å². The molecule has 7 heteroatoms. The number of rotatable bonds is 4. The summed E-state index contributed by atoms with van der Waals surface area (Å²) in [7, 11) is 0. The van der Waals surface area contributed by atoms with Crippen molar-refractivity contribution in [2.75, 3.05) is 5.32 Å². The quantitative estimate of drug-likeness (QED) is 0.942. The highest BCUT2D eigenvalue weighted by Crippen LogP contribution is 2.28. The summed E-state index contributed by atoms with van der Waals surface area (Å²) in [6, 6.07) is 7.77. The molecule has 0 saturated heterocycles. The lowest BCUT2D eigenvalue weighted by Crippen LogP contribution is -2.40. The number of amides is 1. The van der Waals surface area contributed by atoms with Crippen LogP contribution in [0, 0.1) is 5.82 Å². The molecular formula is C16H17FN4O2. The van der Waals surface area contributed by atoms with E-state index in [1.807, 2.05) is 6.92 Å². The van der Waals surface area contributed by atoms with Crippen molar-refractivity contribution >= 4 is 17.4 Å². The Morgan fingerprint density at radius 2 is 2.30 bits per heavy atom. The van der Waals surface area contributed by atoms with Crippen LogP contribution >= 0.6 is 0 Å². The highest BCUT2D eigenvalue weighted by atomic mass is 19.1. The maximum absolute atomic E-state index is 13.3. The summed E-state index contributed by atoms with van der Waals surface area (Å²) in [6.07, 6.45) is 2.04. The lowest BCUT2D eigenvalue weighted by Gasteiger charge is -2.19. The van der Waals surface area contributed by atoms with Gasteiger partial charge in [0.15, 0.2) is 5.82 Å². The summed E-state index contributed by atoms with van der Waals surface area (Å²) >= 11 is 0. The smallest absolute Gasteiger partial charge is 0.272 e. The molecule has 2 heterocycles. The number of nitrogens with zero attached hydrogens (tertiary/aromatic N) is 3. The third-order valence-electron chi connectivity index (χ3n) is 3.71. The van der Waals surface area contributed by atoms with Crippen molar-refractivity contribution in [1.29, 1.82) is 0 Å². The highest BCUT2D eigenvalue weighted by molar-refractivity contribution is 6.07. The molecule has 1 aliphatic heterocycles. The number of oxime groups is 1. The molecule has 1 unspecified atom stereocenters. The number of aryl methyl sites for hydroxylation is 1. The van der Waals surface area contributed by atoms with Crippen LogP contribution < -0.4 is 5.32 Å². The highest BCUT2D eigenvalue weighted by Gasteiger charge is 2.42. The summed E-state index contributed by atoms with van der Waals surface area (Å²) in [5, 5.41) is 10.9. The largest absolute Gasteiger partial charge is 0.379 e. The van der Waals surface area contributed by atoms with E-state index >= 15 is 0 Å². The summed E-state index contributed by atoms with van der Waals surface area (Å²) in [4.78, 5) is 17.8. The number of halogens is 1. The molecule has 23 heavy (non-hydrogen) atoms. The Labute approximate surface area is 132 Å². The molecule has 1 aromatic carbocycles. The lowest BCUT2D eigenvalue weighted by molar-refractivity contribution is -0.135. The number of anilines is 1. The Kier molecular flexibility index (Phi) is 3.85. The Bertz CT molecular complexity index is 771. The van der Waals surface area contributed by atoms with Gasteiger partial charge in [0.2, 0.25) is 5.60 Å². The van der Waals surface area contributed by atoms with E-state index in [0.717, 1.165) is 6.54 Å².